The highest BCUT2D eigenvalue weighted by molar-refractivity contribution is 7.90. The number of aryl methyl sites for hydroxylation is 1. The fourth-order valence-electron chi connectivity index (χ4n) is 2.79. The lowest BCUT2D eigenvalue weighted by Crippen LogP contribution is -2.52. The second-order valence-corrected chi connectivity index (χ2v) is 7.94. The van der Waals surface area contributed by atoms with Crippen LogP contribution in [0.25, 0.3) is 0 Å². The van der Waals surface area contributed by atoms with E-state index < -0.39 is 10.0 Å². The zero-order valence-electron chi connectivity index (χ0n) is 13.8. The number of piperazine rings is 1. The second-order valence-electron chi connectivity index (χ2n) is 6.10. The molecule has 24 heavy (non-hydrogen) atoms. The largest absolute Gasteiger partial charge is 0.333 e. The monoisotopic (exact) mass is 347 g/mol. The predicted molar refractivity (Wildman–Crippen MR) is 91.6 cm³/mol. The van der Waals surface area contributed by atoms with Crippen LogP contribution >= 0.6 is 0 Å². The fourth-order valence-corrected chi connectivity index (χ4v) is 3.99. The lowest BCUT2D eigenvalue weighted by atomic mass is 10.2. The molecule has 0 radical (unpaired) electrons. The molecule has 0 aliphatic carbocycles. The summed E-state index contributed by atoms with van der Waals surface area (Å²) in [6.45, 7) is 5.99. The van der Waals surface area contributed by atoms with Crippen LogP contribution in [0.5, 0.6) is 0 Å². The number of amides is 1. The van der Waals surface area contributed by atoms with Gasteiger partial charge in [-0.15, -0.1) is 0 Å². The van der Waals surface area contributed by atoms with E-state index in [0.29, 0.717) is 12.1 Å². The molecule has 1 aliphatic heterocycles. The maximum Gasteiger partial charge on any atom is 0.267 e. The van der Waals surface area contributed by atoms with E-state index in [2.05, 4.69) is 5.32 Å². The smallest absolute Gasteiger partial charge is 0.267 e. The molecule has 1 amide bonds. The van der Waals surface area contributed by atoms with E-state index in [4.69, 9.17) is 0 Å². The van der Waals surface area contributed by atoms with Gasteiger partial charge >= 0.3 is 0 Å². The van der Waals surface area contributed by atoms with E-state index in [-0.39, 0.29) is 16.8 Å². The van der Waals surface area contributed by atoms with Gasteiger partial charge in [-0.2, -0.15) is 0 Å². The highest BCUT2D eigenvalue weighted by atomic mass is 32.2. The Kier molecular flexibility index (Phi) is 4.47. The summed E-state index contributed by atoms with van der Waals surface area (Å²) in [4.78, 5) is 14.6. The summed E-state index contributed by atoms with van der Waals surface area (Å²) in [7, 11) is -3.68. The van der Waals surface area contributed by atoms with Crippen LogP contribution in [0.2, 0.25) is 0 Å². The topological polar surface area (TPSA) is 71.4 Å². The van der Waals surface area contributed by atoms with Crippen LogP contribution < -0.4 is 5.32 Å². The first-order valence-electron chi connectivity index (χ1n) is 7.91. The summed E-state index contributed by atoms with van der Waals surface area (Å²) in [5.41, 5.74) is 1.38. The van der Waals surface area contributed by atoms with Gasteiger partial charge in [0.1, 0.15) is 0 Å². The number of rotatable bonds is 3. The number of carbonyl (C=O) groups is 1. The minimum atomic E-state index is -3.68. The SMILES string of the molecule is Cc1ccc(S(=O)(=O)n2ccc(C(=O)N3CCNC[C@H]3C)c2)cc1. The van der Waals surface area contributed by atoms with E-state index >= 15 is 0 Å². The zero-order chi connectivity index (χ0) is 17.3. The van der Waals surface area contributed by atoms with Crippen LogP contribution in [0.1, 0.15) is 22.8 Å². The Bertz CT molecular complexity index is 840. The summed E-state index contributed by atoms with van der Waals surface area (Å²) >= 11 is 0. The van der Waals surface area contributed by atoms with Crippen LogP contribution in [0.4, 0.5) is 0 Å². The summed E-state index contributed by atoms with van der Waals surface area (Å²) in [6.07, 6.45) is 2.82. The third kappa shape index (κ3) is 3.09. The summed E-state index contributed by atoms with van der Waals surface area (Å²) < 4.78 is 26.4. The number of nitrogens with zero attached hydrogens (tertiary/aromatic N) is 2. The van der Waals surface area contributed by atoms with Gasteiger partial charge in [0.05, 0.1) is 10.5 Å². The average Bonchev–Trinajstić information content (AvgIpc) is 3.06. The molecule has 0 saturated carbocycles. The number of carbonyl (C=O) groups excluding carboxylic acids is 1. The normalized spacial score (nSPS) is 18.6. The number of hydrogen-bond acceptors (Lipinski definition) is 4. The lowest BCUT2D eigenvalue weighted by Gasteiger charge is -2.33. The van der Waals surface area contributed by atoms with Crippen molar-refractivity contribution in [1.82, 2.24) is 14.2 Å². The molecule has 0 unspecified atom stereocenters. The van der Waals surface area contributed by atoms with Crippen molar-refractivity contribution in [2.75, 3.05) is 19.6 Å². The van der Waals surface area contributed by atoms with Crippen molar-refractivity contribution in [2.24, 2.45) is 0 Å². The molecule has 2 heterocycles. The summed E-state index contributed by atoms with van der Waals surface area (Å²) in [5.74, 6) is -0.137. The maximum atomic E-state index is 12.6. The molecule has 128 valence electrons. The molecule has 2 aromatic rings. The first-order chi connectivity index (χ1) is 11.4. The van der Waals surface area contributed by atoms with E-state index in [9.17, 15) is 13.2 Å². The maximum absolute atomic E-state index is 12.6. The van der Waals surface area contributed by atoms with Crippen molar-refractivity contribution >= 4 is 15.9 Å². The third-order valence-corrected chi connectivity index (χ3v) is 5.92. The quantitative estimate of drug-likeness (QED) is 0.913. The highest BCUT2D eigenvalue weighted by Gasteiger charge is 2.26. The molecular formula is C17H21N3O3S. The Morgan fingerprint density at radius 1 is 1.21 bits per heavy atom. The van der Waals surface area contributed by atoms with Crippen molar-refractivity contribution < 1.29 is 13.2 Å². The molecule has 6 nitrogen and oxygen atoms in total. The van der Waals surface area contributed by atoms with Gasteiger partial charge in [0, 0.05) is 38.1 Å². The Morgan fingerprint density at radius 3 is 2.58 bits per heavy atom. The van der Waals surface area contributed by atoms with Gasteiger partial charge in [-0.1, -0.05) is 17.7 Å². The fraction of sp³-hybridized carbons (Fsp3) is 0.353. The summed E-state index contributed by atoms with van der Waals surface area (Å²) in [5, 5.41) is 3.23. The minimum absolute atomic E-state index is 0.0864. The van der Waals surface area contributed by atoms with Gasteiger partial charge in [0.15, 0.2) is 0 Å². The first kappa shape index (κ1) is 16.7. The van der Waals surface area contributed by atoms with Crippen molar-refractivity contribution in [2.45, 2.75) is 24.8 Å². The van der Waals surface area contributed by atoms with Gasteiger partial charge in [-0.3, -0.25) is 4.79 Å². The second kappa shape index (κ2) is 6.41. The number of hydrogen-bond donors (Lipinski definition) is 1. The van der Waals surface area contributed by atoms with Gasteiger partial charge in [0.25, 0.3) is 15.9 Å². The predicted octanol–water partition coefficient (Wildman–Crippen LogP) is 1.47. The zero-order valence-corrected chi connectivity index (χ0v) is 14.6. The standard InChI is InChI=1S/C17H21N3O3S/c1-13-3-5-16(6-4-13)24(22,23)19-9-7-15(12-19)17(21)20-10-8-18-11-14(20)2/h3-7,9,12,14,18H,8,10-11H2,1-2H3/t14-/m1/s1. The van der Waals surface area contributed by atoms with Crippen molar-refractivity contribution in [1.29, 1.82) is 0 Å². The highest BCUT2D eigenvalue weighted by Crippen LogP contribution is 2.17. The van der Waals surface area contributed by atoms with Gasteiger partial charge in [-0.05, 0) is 32.0 Å². The van der Waals surface area contributed by atoms with Crippen LogP contribution in [0.15, 0.2) is 47.6 Å². The van der Waals surface area contributed by atoms with Crippen molar-refractivity contribution in [3.63, 3.8) is 0 Å². The van der Waals surface area contributed by atoms with E-state index in [0.717, 1.165) is 22.6 Å². The molecule has 7 heteroatoms. The molecule has 1 N–H and O–H groups in total. The van der Waals surface area contributed by atoms with Gasteiger partial charge in [0.2, 0.25) is 0 Å². The minimum Gasteiger partial charge on any atom is -0.333 e. The molecular weight excluding hydrogens is 326 g/mol. The van der Waals surface area contributed by atoms with Crippen LogP contribution in [-0.2, 0) is 10.0 Å². The van der Waals surface area contributed by atoms with Crippen LogP contribution in [0.3, 0.4) is 0 Å². The van der Waals surface area contributed by atoms with Gasteiger partial charge in [-0.25, -0.2) is 12.4 Å². The molecule has 1 atom stereocenters. The molecule has 1 aromatic heterocycles. The molecule has 0 bridgehead atoms. The van der Waals surface area contributed by atoms with Crippen LogP contribution in [-0.4, -0.2) is 48.9 Å². The Morgan fingerprint density at radius 2 is 1.92 bits per heavy atom. The molecule has 0 spiro atoms. The summed E-state index contributed by atoms with van der Waals surface area (Å²) in [6, 6.07) is 8.30. The average molecular weight is 347 g/mol. The van der Waals surface area contributed by atoms with Gasteiger partial charge < -0.3 is 10.2 Å². The van der Waals surface area contributed by atoms with Crippen LogP contribution in [0, 0.1) is 6.92 Å². The molecule has 1 fully saturated rings. The van der Waals surface area contributed by atoms with E-state index in [1.54, 1.807) is 35.2 Å². The third-order valence-electron chi connectivity index (χ3n) is 4.27. The van der Waals surface area contributed by atoms with E-state index in [1.807, 2.05) is 13.8 Å². The molecule has 1 saturated heterocycles. The number of benzene rings is 1. The Hall–Kier alpha value is -2.12. The molecule has 1 aromatic carbocycles. The lowest BCUT2D eigenvalue weighted by molar-refractivity contribution is 0.0656. The molecule has 3 rings (SSSR count). The first-order valence-corrected chi connectivity index (χ1v) is 9.35. The van der Waals surface area contributed by atoms with E-state index in [1.165, 1.54) is 12.4 Å². The Balaban J connectivity index is 1.87. The van der Waals surface area contributed by atoms with Crippen molar-refractivity contribution in [3.05, 3.63) is 53.9 Å². The molecule has 1 aliphatic rings. The van der Waals surface area contributed by atoms with Crippen molar-refractivity contribution in [3.8, 4) is 0 Å². The number of nitrogens with one attached hydrogen (secondary N) is 1. The Labute approximate surface area is 142 Å². The number of aromatic nitrogens is 1.